The first-order valence-electron chi connectivity index (χ1n) is 21.0. The molecular weight excluding hydrogens is 592 g/mol. The summed E-state index contributed by atoms with van der Waals surface area (Å²) in [6, 6.07) is 0. The van der Waals surface area contributed by atoms with Crippen LogP contribution >= 0.6 is 0 Å². The molecule has 4 nitrogen and oxygen atoms in total. The minimum Gasteiger partial charge on any atom is -0.481 e. The Bertz CT molecular complexity index is 768. The molecule has 1 unspecified atom stereocenters. The maximum atomic E-state index is 12.7. The van der Waals surface area contributed by atoms with E-state index in [2.05, 4.69) is 50.3 Å². The van der Waals surface area contributed by atoms with E-state index in [-0.39, 0.29) is 18.5 Å². The van der Waals surface area contributed by atoms with Crippen molar-refractivity contribution in [3.63, 3.8) is 0 Å². The van der Waals surface area contributed by atoms with Crippen LogP contribution in [0.25, 0.3) is 0 Å². The Kier molecular flexibility index (Phi) is 38.1. The van der Waals surface area contributed by atoms with Crippen LogP contribution in [0, 0.1) is 0 Å². The van der Waals surface area contributed by atoms with Gasteiger partial charge in [0.2, 0.25) is 0 Å². The number of rotatable bonds is 38. The molecule has 48 heavy (non-hydrogen) atoms. The predicted molar refractivity (Wildman–Crippen MR) is 209 cm³/mol. The summed E-state index contributed by atoms with van der Waals surface area (Å²) in [6.07, 6.45) is 51.6. The zero-order valence-corrected chi connectivity index (χ0v) is 32.0. The summed E-state index contributed by atoms with van der Waals surface area (Å²) in [7, 11) is 0. The third-order valence-electron chi connectivity index (χ3n) is 9.38. The van der Waals surface area contributed by atoms with Crippen molar-refractivity contribution in [1.29, 1.82) is 0 Å². The van der Waals surface area contributed by atoms with Crippen LogP contribution in [0.5, 0.6) is 0 Å². The zero-order valence-electron chi connectivity index (χ0n) is 32.0. The molecule has 280 valence electrons. The monoisotopic (exact) mass is 673 g/mol. The Morgan fingerprint density at radius 2 is 0.875 bits per heavy atom. The van der Waals surface area contributed by atoms with Gasteiger partial charge in [-0.25, -0.2) is 0 Å². The van der Waals surface area contributed by atoms with Gasteiger partial charge in [-0.2, -0.15) is 0 Å². The summed E-state index contributed by atoms with van der Waals surface area (Å²) in [4.78, 5) is 23.4. The van der Waals surface area contributed by atoms with Gasteiger partial charge < -0.3 is 9.84 Å². The lowest BCUT2D eigenvalue weighted by atomic mass is 10.0. The van der Waals surface area contributed by atoms with Crippen molar-refractivity contribution in [2.24, 2.45) is 0 Å². The number of carbonyl (C=O) groups excluding carboxylic acids is 1. The number of allylic oxidation sites excluding steroid dienone is 6. The van der Waals surface area contributed by atoms with E-state index in [1.54, 1.807) is 0 Å². The Balaban J connectivity index is 3.98. The van der Waals surface area contributed by atoms with Crippen LogP contribution in [0.4, 0.5) is 0 Å². The van der Waals surface area contributed by atoms with E-state index in [1.807, 2.05) is 0 Å². The highest BCUT2D eigenvalue weighted by atomic mass is 16.5. The van der Waals surface area contributed by atoms with Crippen molar-refractivity contribution in [3.05, 3.63) is 36.5 Å². The van der Waals surface area contributed by atoms with E-state index in [9.17, 15) is 9.59 Å². The third-order valence-corrected chi connectivity index (χ3v) is 9.38. The Morgan fingerprint density at radius 3 is 1.35 bits per heavy atom. The Morgan fingerprint density at radius 1 is 0.479 bits per heavy atom. The molecule has 0 saturated heterocycles. The van der Waals surface area contributed by atoms with Gasteiger partial charge in [-0.05, 0) is 70.6 Å². The first-order chi connectivity index (χ1) is 23.6. The lowest BCUT2D eigenvalue weighted by Gasteiger charge is -2.18. The third kappa shape index (κ3) is 38.6. The summed E-state index contributed by atoms with van der Waals surface area (Å²) < 4.78 is 5.99. The second-order valence-corrected chi connectivity index (χ2v) is 14.2. The van der Waals surface area contributed by atoms with Crippen molar-refractivity contribution in [1.82, 2.24) is 0 Å². The Hall–Kier alpha value is -1.84. The van der Waals surface area contributed by atoms with E-state index >= 15 is 0 Å². The molecule has 0 aromatic carbocycles. The lowest BCUT2D eigenvalue weighted by Crippen LogP contribution is -2.18. The molecule has 0 radical (unpaired) electrons. The summed E-state index contributed by atoms with van der Waals surface area (Å²) in [5.41, 5.74) is 0. The van der Waals surface area contributed by atoms with Gasteiger partial charge in [0.15, 0.2) is 0 Å². The summed E-state index contributed by atoms with van der Waals surface area (Å²) >= 11 is 0. The van der Waals surface area contributed by atoms with Gasteiger partial charge in [0.25, 0.3) is 0 Å². The predicted octanol–water partition coefficient (Wildman–Crippen LogP) is 14.6. The fourth-order valence-electron chi connectivity index (χ4n) is 6.32. The molecule has 0 rings (SSSR count). The molecule has 0 spiro atoms. The van der Waals surface area contributed by atoms with Gasteiger partial charge in [0, 0.05) is 12.8 Å². The zero-order chi connectivity index (χ0) is 35.0. The number of carboxylic acid groups (broad SMARTS) is 1. The van der Waals surface area contributed by atoms with Crippen LogP contribution in [-0.4, -0.2) is 23.1 Å². The van der Waals surface area contributed by atoms with Crippen molar-refractivity contribution in [2.75, 3.05) is 0 Å². The number of unbranched alkanes of at least 4 members (excludes halogenated alkanes) is 23. The standard InChI is InChI=1S/C44H80O4/c1-3-5-7-9-11-13-15-17-19-20-21-23-25-27-29-31-37-41-44(47)48-42(39-35-32-33-36-40-43(45)46)38-34-30-28-26-24-22-18-16-14-12-10-8-6-4-2/h5,7,11,13,17,19,42H,3-4,6,8-10,12,14-16,18,20-41H2,1-2H3,(H,45,46)/b7-5-,13-11-,19-17-. The molecular formula is C44H80O4. The molecule has 0 bridgehead atoms. The second kappa shape index (κ2) is 39.6. The fourth-order valence-corrected chi connectivity index (χ4v) is 6.32. The van der Waals surface area contributed by atoms with Crippen LogP contribution in [0.15, 0.2) is 36.5 Å². The SMILES string of the molecule is CC/C=C\C/C=C\C/C=C\CCCCCCCCCC(=O)OC(CCCCCCCCCCCCCCCC)CCCCCCC(=O)O. The van der Waals surface area contributed by atoms with Gasteiger partial charge >= 0.3 is 11.9 Å². The van der Waals surface area contributed by atoms with Gasteiger partial charge in [-0.3, -0.25) is 9.59 Å². The van der Waals surface area contributed by atoms with Gasteiger partial charge in [-0.15, -0.1) is 0 Å². The molecule has 0 amide bonds. The smallest absolute Gasteiger partial charge is 0.306 e. The highest BCUT2D eigenvalue weighted by molar-refractivity contribution is 5.69. The van der Waals surface area contributed by atoms with Crippen molar-refractivity contribution < 1.29 is 19.4 Å². The van der Waals surface area contributed by atoms with Crippen molar-refractivity contribution >= 4 is 11.9 Å². The lowest BCUT2D eigenvalue weighted by molar-refractivity contribution is -0.150. The van der Waals surface area contributed by atoms with Crippen molar-refractivity contribution in [2.45, 2.75) is 232 Å². The van der Waals surface area contributed by atoms with Gasteiger partial charge in [0.05, 0.1) is 0 Å². The number of aliphatic carboxylic acids is 1. The summed E-state index contributed by atoms with van der Waals surface area (Å²) in [5, 5.41) is 8.87. The molecule has 0 fully saturated rings. The van der Waals surface area contributed by atoms with E-state index in [0.29, 0.717) is 6.42 Å². The number of esters is 1. The summed E-state index contributed by atoms with van der Waals surface area (Å²) in [5.74, 6) is -0.729. The molecule has 0 heterocycles. The highest BCUT2D eigenvalue weighted by Crippen LogP contribution is 2.19. The van der Waals surface area contributed by atoms with Crippen molar-refractivity contribution in [3.8, 4) is 0 Å². The first kappa shape index (κ1) is 46.2. The number of hydrogen-bond acceptors (Lipinski definition) is 3. The minimum absolute atomic E-state index is 0.0182. The topological polar surface area (TPSA) is 63.6 Å². The van der Waals surface area contributed by atoms with Crippen LogP contribution in [-0.2, 0) is 14.3 Å². The van der Waals surface area contributed by atoms with Crippen LogP contribution in [0.2, 0.25) is 0 Å². The number of ether oxygens (including phenoxy) is 1. The first-order valence-corrected chi connectivity index (χ1v) is 21.0. The molecule has 4 heteroatoms. The second-order valence-electron chi connectivity index (χ2n) is 14.2. The van der Waals surface area contributed by atoms with Crippen LogP contribution in [0.3, 0.4) is 0 Å². The van der Waals surface area contributed by atoms with E-state index in [0.717, 1.165) is 77.0 Å². The van der Waals surface area contributed by atoms with Crippen LogP contribution < -0.4 is 0 Å². The Labute approximate surface area is 299 Å². The largest absolute Gasteiger partial charge is 0.481 e. The van der Waals surface area contributed by atoms with E-state index in [4.69, 9.17) is 9.84 Å². The van der Waals surface area contributed by atoms with Gasteiger partial charge in [0.1, 0.15) is 6.10 Å². The number of carboxylic acids is 1. The average molecular weight is 673 g/mol. The maximum absolute atomic E-state index is 12.7. The van der Waals surface area contributed by atoms with E-state index < -0.39 is 5.97 Å². The molecule has 0 aliphatic rings. The molecule has 1 atom stereocenters. The molecule has 0 aromatic rings. The molecule has 1 N–H and O–H groups in total. The quantitative estimate of drug-likeness (QED) is 0.0403. The molecule has 0 aliphatic carbocycles. The van der Waals surface area contributed by atoms with E-state index in [1.165, 1.54) is 122 Å². The average Bonchev–Trinajstić information content (AvgIpc) is 3.07. The fraction of sp³-hybridized carbons (Fsp3) is 0.818. The normalized spacial score (nSPS) is 12.5. The number of carbonyl (C=O) groups is 2. The minimum atomic E-state index is -0.710. The summed E-state index contributed by atoms with van der Waals surface area (Å²) in [6.45, 7) is 4.45. The molecule has 0 saturated carbocycles. The highest BCUT2D eigenvalue weighted by Gasteiger charge is 2.14. The molecule has 0 aliphatic heterocycles. The number of hydrogen-bond donors (Lipinski definition) is 1. The van der Waals surface area contributed by atoms with Crippen LogP contribution in [0.1, 0.15) is 226 Å². The van der Waals surface area contributed by atoms with Gasteiger partial charge in [-0.1, -0.05) is 179 Å². The maximum Gasteiger partial charge on any atom is 0.306 e. The molecule has 0 aromatic heterocycles.